The molecule has 0 bridgehead atoms. The maximum absolute atomic E-state index is 12.4. The molecular weight excluding hydrogens is 376 g/mol. The summed E-state index contributed by atoms with van der Waals surface area (Å²) in [4.78, 5) is 14.9. The van der Waals surface area contributed by atoms with Gasteiger partial charge in [-0.25, -0.2) is 4.68 Å². The number of hydrogen-bond donors (Lipinski definition) is 1. The molecule has 1 amide bonds. The van der Waals surface area contributed by atoms with E-state index in [0.29, 0.717) is 25.1 Å². The fourth-order valence-electron chi connectivity index (χ4n) is 3.90. The summed E-state index contributed by atoms with van der Waals surface area (Å²) < 4.78 is 7.59. The van der Waals surface area contributed by atoms with Crippen molar-refractivity contribution < 1.29 is 9.53 Å². The molecule has 0 spiro atoms. The van der Waals surface area contributed by atoms with Crippen molar-refractivity contribution in [1.82, 2.24) is 14.7 Å². The van der Waals surface area contributed by atoms with Crippen LogP contribution in [0.25, 0.3) is 0 Å². The van der Waals surface area contributed by atoms with Crippen molar-refractivity contribution in [2.45, 2.75) is 58.0 Å². The Labute approximate surface area is 179 Å². The zero-order chi connectivity index (χ0) is 21.3. The number of carbonyl (C=O) groups excluding carboxylic acids is 1. The summed E-state index contributed by atoms with van der Waals surface area (Å²) in [7, 11) is 0. The van der Waals surface area contributed by atoms with Gasteiger partial charge < -0.3 is 15.0 Å². The molecule has 0 aliphatic carbocycles. The number of likely N-dealkylation sites (tertiary alicyclic amines) is 1. The monoisotopic (exact) mass is 410 g/mol. The Hall–Kier alpha value is -2.60. The number of ether oxygens (including phenoxy) is 1. The van der Waals surface area contributed by atoms with Crippen LogP contribution in [0.15, 0.2) is 54.7 Å². The van der Waals surface area contributed by atoms with E-state index in [1.807, 2.05) is 41.1 Å². The average molecular weight is 411 g/mol. The topological polar surface area (TPSA) is 59.4 Å². The zero-order valence-corrected chi connectivity index (χ0v) is 18.2. The van der Waals surface area contributed by atoms with E-state index in [2.05, 4.69) is 35.7 Å². The number of anilines is 1. The Morgan fingerprint density at radius 3 is 2.67 bits per heavy atom. The Morgan fingerprint density at radius 2 is 1.97 bits per heavy atom. The molecule has 1 N–H and O–H groups in total. The summed E-state index contributed by atoms with van der Waals surface area (Å²) in [6.45, 7) is 10.9. The normalized spacial score (nSPS) is 16.2. The first-order chi connectivity index (χ1) is 14.5. The second-order valence-electron chi connectivity index (χ2n) is 8.23. The van der Waals surface area contributed by atoms with Gasteiger partial charge in [0.1, 0.15) is 11.6 Å². The third-order valence-corrected chi connectivity index (χ3v) is 5.74. The first-order valence-corrected chi connectivity index (χ1v) is 10.9. The van der Waals surface area contributed by atoms with Crippen LogP contribution >= 0.6 is 0 Å². The molecule has 162 valence electrons. The minimum absolute atomic E-state index is 0.0569. The number of nitrogens with zero attached hydrogens (tertiary/aromatic N) is 3. The third kappa shape index (κ3) is 6.46. The summed E-state index contributed by atoms with van der Waals surface area (Å²) in [6.07, 6.45) is 6.40. The SMILES string of the molecule is C=C(C)CC[C@H](C)N1CCC(n2nccc2NC(=O)CCOc2ccccc2)CC1. The van der Waals surface area contributed by atoms with Gasteiger partial charge in [0.05, 0.1) is 25.3 Å². The molecule has 6 heteroatoms. The summed E-state index contributed by atoms with van der Waals surface area (Å²) >= 11 is 0. The minimum Gasteiger partial charge on any atom is -0.493 e. The van der Waals surface area contributed by atoms with Gasteiger partial charge in [0.25, 0.3) is 0 Å². The number of nitrogens with one attached hydrogen (secondary N) is 1. The van der Waals surface area contributed by atoms with Crippen molar-refractivity contribution >= 4 is 11.7 Å². The second kappa shape index (κ2) is 11.0. The van der Waals surface area contributed by atoms with Crippen LogP contribution in [0.2, 0.25) is 0 Å². The van der Waals surface area contributed by atoms with E-state index in [-0.39, 0.29) is 5.91 Å². The fraction of sp³-hybridized carbons (Fsp3) is 0.500. The molecule has 1 aromatic carbocycles. The number of para-hydroxylation sites is 1. The summed E-state index contributed by atoms with van der Waals surface area (Å²) in [6, 6.07) is 12.3. The highest BCUT2D eigenvalue weighted by molar-refractivity contribution is 5.89. The molecule has 1 aromatic heterocycles. The number of allylic oxidation sites excluding steroid dienone is 1. The molecule has 2 aromatic rings. The third-order valence-electron chi connectivity index (χ3n) is 5.74. The van der Waals surface area contributed by atoms with E-state index >= 15 is 0 Å². The van der Waals surface area contributed by atoms with Gasteiger partial charge in [0.2, 0.25) is 5.91 Å². The largest absolute Gasteiger partial charge is 0.493 e. The molecule has 1 atom stereocenters. The molecule has 30 heavy (non-hydrogen) atoms. The number of amides is 1. The predicted octanol–water partition coefficient (Wildman–Crippen LogP) is 4.67. The molecular formula is C24H34N4O2. The summed E-state index contributed by atoms with van der Waals surface area (Å²) in [5.41, 5.74) is 1.25. The lowest BCUT2D eigenvalue weighted by Crippen LogP contribution is -2.40. The van der Waals surface area contributed by atoms with E-state index < -0.39 is 0 Å². The quantitative estimate of drug-likeness (QED) is 0.578. The number of benzene rings is 1. The average Bonchev–Trinajstić information content (AvgIpc) is 3.21. The smallest absolute Gasteiger partial charge is 0.228 e. The van der Waals surface area contributed by atoms with Crippen molar-refractivity contribution in [2.75, 3.05) is 25.0 Å². The van der Waals surface area contributed by atoms with Crippen LogP contribution in [0, 0.1) is 0 Å². The number of piperidine rings is 1. The molecule has 6 nitrogen and oxygen atoms in total. The van der Waals surface area contributed by atoms with E-state index in [9.17, 15) is 4.79 Å². The Bertz CT molecular complexity index is 810. The fourth-order valence-corrected chi connectivity index (χ4v) is 3.90. The van der Waals surface area contributed by atoms with Crippen LogP contribution in [0.3, 0.4) is 0 Å². The van der Waals surface area contributed by atoms with E-state index in [4.69, 9.17) is 4.74 Å². The van der Waals surface area contributed by atoms with Crippen LogP contribution in [0.1, 0.15) is 52.0 Å². The first-order valence-electron chi connectivity index (χ1n) is 10.9. The van der Waals surface area contributed by atoms with Crippen LogP contribution in [0.5, 0.6) is 5.75 Å². The van der Waals surface area contributed by atoms with Crippen molar-refractivity contribution in [3.05, 3.63) is 54.7 Å². The Kier molecular flexibility index (Phi) is 8.08. The van der Waals surface area contributed by atoms with Gasteiger partial charge in [0, 0.05) is 25.2 Å². The molecule has 0 unspecified atom stereocenters. The van der Waals surface area contributed by atoms with Gasteiger partial charge in [0.15, 0.2) is 0 Å². The molecule has 3 rings (SSSR count). The van der Waals surface area contributed by atoms with Crippen LogP contribution in [-0.4, -0.2) is 46.3 Å². The second-order valence-corrected chi connectivity index (χ2v) is 8.23. The lowest BCUT2D eigenvalue weighted by Gasteiger charge is -2.36. The molecule has 1 saturated heterocycles. The zero-order valence-electron chi connectivity index (χ0n) is 18.2. The van der Waals surface area contributed by atoms with Crippen molar-refractivity contribution in [3.63, 3.8) is 0 Å². The Morgan fingerprint density at radius 1 is 1.23 bits per heavy atom. The number of carbonyl (C=O) groups is 1. The lowest BCUT2D eigenvalue weighted by atomic mass is 10.0. The molecule has 1 fully saturated rings. The highest BCUT2D eigenvalue weighted by atomic mass is 16.5. The van der Waals surface area contributed by atoms with Gasteiger partial charge in [-0.2, -0.15) is 5.10 Å². The number of hydrogen-bond acceptors (Lipinski definition) is 4. The molecule has 0 radical (unpaired) electrons. The van der Waals surface area contributed by atoms with Crippen molar-refractivity contribution in [1.29, 1.82) is 0 Å². The molecule has 1 aliphatic rings. The van der Waals surface area contributed by atoms with Crippen molar-refractivity contribution in [2.24, 2.45) is 0 Å². The van der Waals surface area contributed by atoms with E-state index in [1.165, 1.54) is 5.57 Å². The van der Waals surface area contributed by atoms with Gasteiger partial charge in [-0.05, 0) is 51.7 Å². The predicted molar refractivity (Wildman–Crippen MR) is 121 cm³/mol. The van der Waals surface area contributed by atoms with Gasteiger partial charge in [-0.15, -0.1) is 6.58 Å². The van der Waals surface area contributed by atoms with E-state index in [0.717, 1.165) is 50.3 Å². The van der Waals surface area contributed by atoms with Gasteiger partial charge >= 0.3 is 0 Å². The standard InChI is InChI=1S/C24H34N4O2/c1-19(2)9-10-20(3)27-16-12-21(13-17-27)28-23(11-15-25-28)26-24(29)14-18-30-22-7-5-4-6-8-22/h4-8,11,15,20-21H,1,9-10,12-14,16-18H2,2-3H3,(H,26,29)/t20-/m0/s1. The lowest BCUT2D eigenvalue weighted by molar-refractivity contribution is -0.116. The van der Waals surface area contributed by atoms with Crippen LogP contribution < -0.4 is 10.1 Å². The maximum Gasteiger partial charge on any atom is 0.228 e. The first kappa shape index (κ1) is 22.1. The van der Waals surface area contributed by atoms with E-state index in [1.54, 1.807) is 6.20 Å². The molecule has 2 heterocycles. The van der Waals surface area contributed by atoms with Gasteiger partial charge in [-0.1, -0.05) is 23.8 Å². The highest BCUT2D eigenvalue weighted by Crippen LogP contribution is 2.27. The highest BCUT2D eigenvalue weighted by Gasteiger charge is 2.25. The van der Waals surface area contributed by atoms with Crippen molar-refractivity contribution in [3.8, 4) is 5.75 Å². The molecule has 1 aliphatic heterocycles. The number of rotatable bonds is 10. The summed E-state index contributed by atoms with van der Waals surface area (Å²) in [5.74, 6) is 1.49. The summed E-state index contributed by atoms with van der Waals surface area (Å²) in [5, 5.41) is 7.49. The maximum atomic E-state index is 12.4. The van der Waals surface area contributed by atoms with Crippen LogP contribution in [0.4, 0.5) is 5.82 Å². The minimum atomic E-state index is -0.0569. The Balaban J connectivity index is 1.45. The number of aromatic nitrogens is 2. The molecule has 0 saturated carbocycles. The van der Waals surface area contributed by atoms with Crippen LogP contribution in [-0.2, 0) is 4.79 Å². The van der Waals surface area contributed by atoms with Gasteiger partial charge in [-0.3, -0.25) is 4.79 Å².